The molecule has 120 valence electrons. The zero-order chi connectivity index (χ0) is 16.1. The number of aryl methyl sites for hydroxylation is 1. The van der Waals surface area contributed by atoms with E-state index >= 15 is 0 Å². The molecule has 0 saturated heterocycles. The van der Waals surface area contributed by atoms with Crippen LogP contribution in [0.4, 0.5) is 8.78 Å². The van der Waals surface area contributed by atoms with Crippen LogP contribution in [0.2, 0.25) is 0 Å². The number of aromatic amines is 1. The van der Waals surface area contributed by atoms with Gasteiger partial charge in [-0.05, 0) is 26.0 Å². The molecule has 2 aromatic rings. The first-order valence-corrected chi connectivity index (χ1v) is 6.96. The summed E-state index contributed by atoms with van der Waals surface area (Å²) in [6.45, 7) is 4.16. The van der Waals surface area contributed by atoms with E-state index in [4.69, 9.17) is 4.74 Å². The molecule has 1 heterocycles. The summed E-state index contributed by atoms with van der Waals surface area (Å²) in [7, 11) is 0. The number of nitrogens with one attached hydrogen (secondary N) is 2. The fraction of sp³-hybridized carbons (Fsp3) is 0.400. The third kappa shape index (κ3) is 4.25. The number of benzene rings is 1. The quantitative estimate of drug-likeness (QED) is 0.732. The molecule has 0 aliphatic heterocycles. The van der Waals surface area contributed by atoms with Gasteiger partial charge < -0.3 is 15.2 Å². The van der Waals surface area contributed by atoms with E-state index in [2.05, 4.69) is 15.5 Å². The second-order valence-electron chi connectivity index (χ2n) is 5.12. The molecule has 0 saturated carbocycles. The van der Waals surface area contributed by atoms with Gasteiger partial charge >= 0.3 is 0 Å². The lowest BCUT2D eigenvalue weighted by atomic mass is 10.1. The van der Waals surface area contributed by atoms with Gasteiger partial charge in [-0.3, -0.25) is 5.10 Å². The van der Waals surface area contributed by atoms with Crippen LogP contribution in [0.25, 0.3) is 0 Å². The third-order valence-electron chi connectivity index (χ3n) is 3.33. The number of halogens is 2. The Labute approximate surface area is 127 Å². The average Bonchev–Trinajstić information content (AvgIpc) is 2.92. The predicted molar refractivity (Wildman–Crippen MR) is 77.6 cm³/mol. The topological polar surface area (TPSA) is 70.2 Å². The number of ether oxygens (including phenoxy) is 1. The van der Waals surface area contributed by atoms with E-state index in [0.29, 0.717) is 6.54 Å². The molecule has 2 atom stereocenters. The van der Waals surface area contributed by atoms with Crippen molar-refractivity contribution >= 4 is 0 Å². The Morgan fingerprint density at radius 2 is 2.14 bits per heavy atom. The van der Waals surface area contributed by atoms with E-state index in [-0.39, 0.29) is 18.4 Å². The summed E-state index contributed by atoms with van der Waals surface area (Å²) in [6.07, 6.45) is 0.958. The molecule has 0 aliphatic rings. The SMILES string of the molecule is Cc1[nH]ncc1C(C)NCC(O)COc1ccc(F)c(F)c1. The number of aromatic nitrogens is 2. The highest BCUT2D eigenvalue weighted by Gasteiger charge is 2.13. The number of nitrogens with zero attached hydrogens (tertiary/aromatic N) is 1. The Balaban J connectivity index is 1.77. The molecular formula is C15H19F2N3O2. The first kappa shape index (κ1) is 16.4. The highest BCUT2D eigenvalue weighted by atomic mass is 19.2. The zero-order valence-electron chi connectivity index (χ0n) is 12.4. The molecule has 0 aliphatic carbocycles. The molecule has 22 heavy (non-hydrogen) atoms. The summed E-state index contributed by atoms with van der Waals surface area (Å²) in [5.74, 6) is -1.73. The lowest BCUT2D eigenvalue weighted by molar-refractivity contribution is 0.104. The van der Waals surface area contributed by atoms with E-state index in [1.807, 2.05) is 13.8 Å². The molecule has 0 radical (unpaired) electrons. The van der Waals surface area contributed by atoms with Crippen LogP contribution in [0.5, 0.6) is 5.75 Å². The Hall–Kier alpha value is -1.99. The molecule has 0 spiro atoms. The van der Waals surface area contributed by atoms with Crippen molar-refractivity contribution in [3.05, 3.63) is 47.3 Å². The Morgan fingerprint density at radius 1 is 1.36 bits per heavy atom. The summed E-state index contributed by atoms with van der Waals surface area (Å²) in [6, 6.07) is 3.28. The number of aliphatic hydroxyl groups is 1. The van der Waals surface area contributed by atoms with Crippen LogP contribution < -0.4 is 10.1 Å². The Kier molecular flexibility index (Phi) is 5.46. The van der Waals surface area contributed by atoms with E-state index in [0.717, 1.165) is 23.4 Å². The van der Waals surface area contributed by atoms with E-state index < -0.39 is 17.7 Å². The van der Waals surface area contributed by atoms with Gasteiger partial charge in [-0.25, -0.2) is 8.78 Å². The van der Waals surface area contributed by atoms with Gasteiger partial charge in [-0.15, -0.1) is 0 Å². The highest BCUT2D eigenvalue weighted by molar-refractivity contribution is 5.23. The molecule has 1 aromatic carbocycles. The van der Waals surface area contributed by atoms with Gasteiger partial charge in [0.25, 0.3) is 0 Å². The number of aliphatic hydroxyl groups excluding tert-OH is 1. The van der Waals surface area contributed by atoms with Gasteiger partial charge in [0.1, 0.15) is 18.5 Å². The van der Waals surface area contributed by atoms with Gasteiger partial charge in [0, 0.05) is 29.9 Å². The first-order valence-electron chi connectivity index (χ1n) is 6.96. The van der Waals surface area contributed by atoms with Gasteiger partial charge in [0.05, 0.1) is 6.20 Å². The molecule has 0 amide bonds. The van der Waals surface area contributed by atoms with Gasteiger partial charge in [0.2, 0.25) is 0 Å². The fourth-order valence-corrected chi connectivity index (χ4v) is 2.04. The molecule has 1 aromatic heterocycles. The second kappa shape index (κ2) is 7.33. The van der Waals surface area contributed by atoms with Crippen LogP contribution in [-0.2, 0) is 0 Å². The number of rotatable bonds is 7. The van der Waals surface area contributed by atoms with Crippen LogP contribution in [0.15, 0.2) is 24.4 Å². The largest absolute Gasteiger partial charge is 0.491 e. The van der Waals surface area contributed by atoms with Crippen molar-refractivity contribution in [1.29, 1.82) is 0 Å². The minimum absolute atomic E-state index is 0.0187. The lowest BCUT2D eigenvalue weighted by Gasteiger charge is -2.17. The smallest absolute Gasteiger partial charge is 0.162 e. The van der Waals surface area contributed by atoms with Crippen LogP contribution in [0.1, 0.15) is 24.2 Å². The summed E-state index contributed by atoms with van der Waals surface area (Å²) in [4.78, 5) is 0. The van der Waals surface area contributed by atoms with Crippen molar-refractivity contribution in [2.75, 3.05) is 13.2 Å². The monoisotopic (exact) mass is 311 g/mol. The summed E-state index contributed by atoms with van der Waals surface area (Å²) in [5.41, 5.74) is 1.99. The number of H-pyrrole nitrogens is 1. The van der Waals surface area contributed by atoms with Gasteiger partial charge in [-0.1, -0.05) is 0 Å². The van der Waals surface area contributed by atoms with Gasteiger partial charge in [-0.2, -0.15) is 5.10 Å². The minimum atomic E-state index is -0.978. The van der Waals surface area contributed by atoms with Crippen LogP contribution in [-0.4, -0.2) is 34.6 Å². The normalized spacial score (nSPS) is 13.9. The maximum atomic E-state index is 13.0. The van der Waals surface area contributed by atoms with Crippen molar-refractivity contribution < 1.29 is 18.6 Å². The summed E-state index contributed by atoms with van der Waals surface area (Å²) < 4.78 is 31.0. The van der Waals surface area contributed by atoms with Crippen LogP contribution in [0, 0.1) is 18.6 Å². The molecular weight excluding hydrogens is 292 g/mol. The van der Waals surface area contributed by atoms with Crippen molar-refractivity contribution in [3.8, 4) is 5.75 Å². The summed E-state index contributed by atoms with van der Waals surface area (Å²) >= 11 is 0. The van der Waals surface area contributed by atoms with E-state index in [9.17, 15) is 13.9 Å². The molecule has 0 bridgehead atoms. The molecule has 2 rings (SSSR count). The lowest BCUT2D eigenvalue weighted by Crippen LogP contribution is -2.33. The number of hydrogen-bond acceptors (Lipinski definition) is 4. The fourth-order valence-electron chi connectivity index (χ4n) is 2.04. The van der Waals surface area contributed by atoms with Crippen molar-refractivity contribution in [2.24, 2.45) is 0 Å². The highest BCUT2D eigenvalue weighted by Crippen LogP contribution is 2.16. The number of hydrogen-bond donors (Lipinski definition) is 3. The first-order chi connectivity index (χ1) is 10.5. The van der Waals surface area contributed by atoms with Gasteiger partial charge in [0.15, 0.2) is 11.6 Å². The second-order valence-corrected chi connectivity index (χ2v) is 5.12. The third-order valence-corrected chi connectivity index (χ3v) is 3.33. The standard InChI is InChI=1S/C15H19F2N3O2/c1-9(13-7-19-20-10(13)2)18-6-11(21)8-22-12-3-4-14(16)15(17)5-12/h3-5,7,9,11,18,21H,6,8H2,1-2H3,(H,19,20). The van der Waals surface area contributed by atoms with Crippen molar-refractivity contribution in [3.63, 3.8) is 0 Å². The maximum Gasteiger partial charge on any atom is 0.162 e. The Morgan fingerprint density at radius 3 is 2.77 bits per heavy atom. The molecule has 0 fully saturated rings. The Bertz CT molecular complexity index is 619. The average molecular weight is 311 g/mol. The maximum absolute atomic E-state index is 13.0. The predicted octanol–water partition coefficient (Wildman–Crippen LogP) is 2.09. The van der Waals surface area contributed by atoms with E-state index in [1.54, 1.807) is 6.20 Å². The summed E-state index contributed by atoms with van der Waals surface area (Å²) in [5, 5.41) is 19.8. The van der Waals surface area contributed by atoms with Crippen molar-refractivity contribution in [2.45, 2.75) is 26.0 Å². The minimum Gasteiger partial charge on any atom is -0.491 e. The molecule has 5 nitrogen and oxygen atoms in total. The molecule has 7 heteroatoms. The van der Waals surface area contributed by atoms with E-state index in [1.165, 1.54) is 6.07 Å². The van der Waals surface area contributed by atoms with Crippen LogP contribution >= 0.6 is 0 Å². The zero-order valence-corrected chi connectivity index (χ0v) is 12.4. The molecule has 3 N–H and O–H groups in total. The van der Waals surface area contributed by atoms with Crippen molar-refractivity contribution in [1.82, 2.24) is 15.5 Å². The molecule has 2 unspecified atom stereocenters. The van der Waals surface area contributed by atoms with Crippen LogP contribution in [0.3, 0.4) is 0 Å².